The molecule has 0 unspecified atom stereocenters. The smallest absolute Gasteiger partial charge is 0.128 e. The second-order valence-corrected chi connectivity index (χ2v) is 4.71. The second-order valence-electron chi connectivity index (χ2n) is 4.71. The third kappa shape index (κ3) is 2.40. The van der Waals surface area contributed by atoms with E-state index in [9.17, 15) is 0 Å². The van der Waals surface area contributed by atoms with Gasteiger partial charge < -0.3 is 15.5 Å². The van der Waals surface area contributed by atoms with Crippen LogP contribution in [0.4, 0.5) is 5.69 Å². The Morgan fingerprint density at radius 3 is 2.74 bits per heavy atom. The van der Waals surface area contributed by atoms with Gasteiger partial charge in [0.2, 0.25) is 0 Å². The Morgan fingerprint density at radius 2 is 1.95 bits per heavy atom. The van der Waals surface area contributed by atoms with Gasteiger partial charge in [0.05, 0.1) is 5.69 Å². The van der Waals surface area contributed by atoms with Crippen molar-refractivity contribution < 1.29 is 4.74 Å². The average molecular weight is 252 g/mol. The molecule has 2 aromatic carbocycles. The van der Waals surface area contributed by atoms with E-state index < -0.39 is 0 Å². The maximum absolute atomic E-state index is 5.94. The molecular weight excluding hydrogens is 236 g/mol. The minimum Gasteiger partial charge on any atom is -0.487 e. The van der Waals surface area contributed by atoms with E-state index in [1.165, 1.54) is 5.56 Å². The molecule has 0 atom stereocenters. The quantitative estimate of drug-likeness (QED) is 0.699. The molecule has 0 fully saturated rings. The summed E-state index contributed by atoms with van der Waals surface area (Å²) in [5.41, 5.74) is 9.98. The lowest BCUT2D eigenvalue weighted by Crippen LogP contribution is -1.95. The van der Waals surface area contributed by atoms with Crippen LogP contribution in [-0.2, 0) is 6.61 Å². The van der Waals surface area contributed by atoms with E-state index in [1.807, 2.05) is 42.5 Å². The number of aromatic nitrogens is 1. The van der Waals surface area contributed by atoms with Crippen LogP contribution in [0.25, 0.3) is 10.9 Å². The van der Waals surface area contributed by atoms with Crippen LogP contribution in [0.5, 0.6) is 5.75 Å². The highest BCUT2D eigenvalue weighted by molar-refractivity contribution is 5.91. The van der Waals surface area contributed by atoms with E-state index in [2.05, 4.69) is 18.0 Å². The molecule has 1 aromatic heterocycles. The predicted molar refractivity (Wildman–Crippen MR) is 78.2 cm³/mol. The molecule has 0 radical (unpaired) electrons. The van der Waals surface area contributed by atoms with Crippen molar-refractivity contribution in [2.75, 3.05) is 5.73 Å². The van der Waals surface area contributed by atoms with E-state index in [0.717, 1.165) is 28.0 Å². The van der Waals surface area contributed by atoms with E-state index >= 15 is 0 Å². The summed E-state index contributed by atoms with van der Waals surface area (Å²) in [5, 5.41) is 1.05. The summed E-state index contributed by atoms with van der Waals surface area (Å²) in [6.07, 6.45) is 0. The first-order chi connectivity index (χ1) is 9.22. The highest BCUT2D eigenvalue weighted by Gasteiger charge is 2.04. The van der Waals surface area contributed by atoms with E-state index in [1.54, 1.807) is 0 Å². The molecule has 3 nitrogen and oxygen atoms in total. The number of nitrogens with one attached hydrogen (secondary N) is 1. The number of rotatable bonds is 3. The van der Waals surface area contributed by atoms with Crippen molar-refractivity contribution >= 4 is 16.6 Å². The first-order valence-corrected chi connectivity index (χ1v) is 6.28. The van der Waals surface area contributed by atoms with E-state index in [4.69, 9.17) is 10.5 Å². The summed E-state index contributed by atoms with van der Waals surface area (Å²) in [5.74, 6) is 0.881. The van der Waals surface area contributed by atoms with Crippen molar-refractivity contribution in [3.05, 3.63) is 59.8 Å². The van der Waals surface area contributed by atoms with Crippen molar-refractivity contribution in [3.8, 4) is 5.75 Å². The van der Waals surface area contributed by atoms with Gasteiger partial charge in [0.15, 0.2) is 0 Å². The summed E-state index contributed by atoms with van der Waals surface area (Å²) in [4.78, 5) is 3.32. The summed E-state index contributed by atoms with van der Waals surface area (Å²) in [6, 6.07) is 15.9. The fraction of sp³-hybridized carbons (Fsp3) is 0.125. The van der Waals surface area contributed by atoms with Gasteiger partial charge >= 0.3 is 0 Å². The number of fused-ring (bicyclic) bond motifs is 1. The zero-order chi connectivity index (χ0) is 13.2. The van der Waals surface area contributed by atoms with E-state index in [-0.39, 0.29) is 0 Å². The molecule has 3 heteroatoms. The highest BCUT2D eigenvalue weighted by atomic mass is 16.5. The number of aryl methyl sites for hydroxylation is 1. The zero-order valence-electron chi connectivity index (χ0n) is 10.8. The number of H-pyrrole nitrogens is 1. The van der Waals surface area contributed by atoms with Crippen LogP contribution in [0.1, 0.15) is 11.3 Å². The Kier molecular flexibility index (Phi) is 2.88. The molecule has 0 aliphatic rings. The largest absolute Gasteiger partial charge is 0.487 e. The molecule has 96 valence electrons. The molecule has 0 aliphatic heterocycles. The fourth-order valence-corrected chi connectivity index (χ4v) is 2.18. The monoisotopic (exact) mass is 252 g/mol. The van der Waals surface area contributed by atoms with Crippen LogP contribution >= 0.6 is 0 Å². The standard InChI is InChI=1S/C16H16N2O/c1-11-4-2-5-13(8-11)19-10-12-9-14-15(17)6-3-7-16(14)18-12/h2-9,18H,10,17H2,1H3. The maximum atomic E-state index is 5.94. The maximum Gasteiger partial charge on any atom is 0.128 e. The predicted octanol–water partition coefficient (Wildman–Crippen LogP) is 3.64. The van der Waals surface area contributed by atoms with E-state index in [0.29, 0.717) is 6.61 Å². The lowest BCUT2D eigenvalue weighted by molar-refractivity contribution is 0.302. The van der Waals surface area contributed by atoms with Gasteiger partial charge in [-0.15, -0.1) is 0 Å². The van der Waals surface area contributed by atoms with Gasteiger partial charge in [-0.25, -0.2) is 0 Å². The summed E-state index contributed by atoms with van der Waals surface area (Å²) >= 11 is 0. The molecular formula is C16H16N2O. The molecule has 0 spiro atoms. The number of anilines is 1. The van der Waals surface area contributed by atoms with Gasteiger partial charge in [0.25, 0.3) is 0 Å². The number of nitrogen functional groups attached to an aromatic ring is 1. The van der Waals surface area contributed by atoms with Gasteiger partial charge in [-0.2, -0.15) is 0 Å². The third-order valence-electron chi connectivity index (χ3n) is 3.14. The summed E-state index contributed by atoms with van der Waals surface area (Å²) in [6.45, 7) is 2.56. The molecule has 1 heterocycles. The van der Waals surface area contributed by atoms with Crippen LogP contribution < -0.4 is 10.5 Å². The Hall–Kier alpha value is -2.42. The van der Waals surface area contributed by atoms with Crippen molar-refractivity contribution in [2.45, 2.75) is 13.5 Å². The molecule has 0 saturated carbocycles. The Bertz CT molecular complexity index is 716. The number of hydrogen-bond donors (Lipinski definition) is 2. The zero-order valence-corrected chi connectivity index (χ0v) is 10.8. The molecule has 0 aliphatic carbocycles. The number of aromatic amines is 1. The molecule has 3 rings (SSSR count). The van der Waals surface area contributed by atoms with Gasteiger partial charge in [-0.05, 0) is 42.8 Å². The fourth-order valence-electron chi connectivity index (χ4n) is 2.18. The van der Waals surface area contributed by atoms with Crippen molar-refractivity contribution in [3.63, 3.8) is 0 Å². The SMILES string of the molecule is Cc1cccc(OCc2cc3c(N)cccc3[nH]2)c1. The van der Waals surface area contributed by atoms with Crippen LogP contribution in [0.2, 0.25) is 0 Å². The van der Waals surface area contributed by atoms with Gasteiger partial charge in [-0.1, -0.05) is 18.2 Å². The minimum atomic E-state index is 0.511. The van der Waals surface area contributed by atoms with Crippen molar-refractivity contribution in [2.24, 2.45) is 0 Å². The summed E-state index contributed by atoms with van der Waals surface area (Å²) in [7, 11) is 0. The number of hydrogen-bond acceptors (Lipinski definition) is 2. The molecule has 0 amide bonds. The molecule has 3 N–H and O–H groups in total. The first kappa shape index (κ1) is 11.7. The Balaban J connectivity index is 1.80. The number of nitrogens with two attached hydrogens (primary N) is 1. The van der Waals surface area contributed by atoms with Gasteiger partial charge in [0.1, 0.15) is 12.4 Å². The Labute approximate surface area is 112 Å². The lowest BCUT2D eigenvalue weighted by Gasteiger charge is -2.05. The van der Waals surface area contributed by atoms with Crippen LogP contribution in [0.3, 0.4) is 0 Å². The number of benzene rings is 2. The third-order valence-corrected chi connectivity index (χ3v) is 3.14. The number of ether oxygens (including phenoxy) is 1. The minimum absolute atomic E-state index is 0.511. The van der Waals surface area contributed by atoms with Crippen molar-refractivity contribution in [1.29, 1.82) is 0 Å². The topological polar surface area (TPSA) is 51.0 Å². The first-order valence-electron chi connectivity index (χ1n) is 6.28. The summed E-state index contributed by atoms with van der Waals surface area (Å²) < 4.78 is 5.77. The second kappa shape index (κ2) is 4.69. The lowest BCUT2D eigenvalue weighted by atomic mass is 10.2. The molecule has 3 aromatic rings. The van der Waals surface area contributed by atoms with Crippen molar-refractivity contribution in [1.82, 2.24) is 4.98 Å². The molecule has 19 heavy (non-hydrogen) atoms. The van der Waals surface area contributed by atoms with Crippen LogP contribution in [0, 0.1) is 6.92 Å². The van der Waals surface area contributed by atoms with Gasteiger partial charge in [-0.3, -0.25) is 0 Å². The van der Waals surface area contributed by atoms with Gasteiger partial charge in [0, 0.05) is 16.6 Å². The Morgan fingerprint density at radius 1 is 1.11 bits per heavy atom. The molecule has 0 bridgehead atoms. The molecule has 0 saturated heterocycles. The van der Waals surface area contributed by atoms with Crippen LogP contribution in [0.15, 0.2) is 48.5 Å². The average Bonchev–Trinajstić information content (AvgIpc) is 2.81. The normalized spacial score (nSPS) is 10.8. The highest BCUT2D eigenvalue weighted by Crippen LogP contribution is 2.22. The van der Waals surface area contributed by atoms with Crippen LogP contribution in [-0.4, -0.2) is 4.98 Å².